The average molecular weight is 632 g/mol. The Hall–Kier alpha value is -2.72. The number of aliphatic hydroxyl groups is 1. The van der Waals surface area contributed by atoms with Crippen molar-refractivity contribution in [1.82, 2.24) is 4.90 Å². The van der Waals surface area contributed by atoms with Crippen LogP contribution in [-0.2, 0) is 30.3 Å². The number of hydrogen-bond donors (Lipinski definition) is 1. The van der Waals surface area contributed by atoms with Crippen molar-refractivity contribution in [1.29, 1.82) is 0 Å². The Morgan fingerprint density at radius 2 is 1.98 bits per heavy atom. The molecule has 2 aromatic carbocycles. The molecule has 3 aliphatic rings. The van der Waals surface area contributed by atoms with Crippen LogP contribution in [0.15, 0.2) is 67.3 Å². The van der Waals surface area contributed by atoms with Gasteiger partial charge in [-0.1, -0.05) is 63.9 Å². The zero-order chi connectivity index (χ0) is 28.6. The number of amides is 2. The molecule has 8 nitrogen and oxygen atoms in total. The van der Waals surface area contributed by atoms with Gasteiger partial charge in [-0.2, -0.15) is 0 Å². The normalized spacial score (nSPS) is 29.2. The van der Waals surface area contributed by atoms with Gasteiger partial charge in [0.1, 0.15) is 11.6 Å². The summed E-state index contributed by atoms with van der Waals surface area (Å²) in [6.07, 6.45) is 1.67. The van der Waals surface area contributed by atoms with Crippen LogP contribution in [0, 0.1) is 11.8 Å². The minimum absolute atomic E-state index is 0.159. The summed E-state index contributed by atoms with van der Waals surface area (Å²) in [4.78, 5) is 45.0. The molecule has 7 atom stereocenters. The number of aliphatic hydroxyl groups excluding tert-OH is 1. The highest BCUT2D eigenvalue weighted by Gasteiger charge is 2.77. The molecule has 2 amide bonds. The van der Waals surface area contributed by atoms with Gasteiger partial charge in [-0.3, -0.25) is 14.4 Å². The van der Waals surface area contributed by atoms with E-state index in [1.165, 1.54) is 4.90 Å². The van der Waals surface area contributed by atoms with Crippen LogP contribution in [0.4, 0.5) is 5.69 Å². The number of nitrogens with zero attached hydrogens (tertiary/aromatic N) is 2. The molecule has 3 heterocycles. The summed E-state index contributed by atoms with van der Waals surface area (Å²) in [6.45, 7) is 5.50. The summed E-state index contributed by atoms with van der Waals surface area (Å²) in [6, 6.07) is 14.5. The van der Waals surface area contributed by atoms with Gasteiger partial charge in [-0.15, -0.1) is 6.58 Å². The molecule has 0 aliphatic carbocycles. The highest BCUT2D eigenvalue weighted by atomic mass is 79.9. The van der Waals surface area contributed by atoms with Gasteiger partial charge in [0, 0.05) is 22.1 Å². The first-order chi connectivity index (χ1) is 19.3. The lowest BCUT2D eigenvalue weighted by atomic mass is 9.70. The molecule has 2 aromatic rings. The fourth-order valence-corrected chi connectivity index (χ4v) is 7.67. The number of ether oxygens (including phenoxy) is 2. The van der Waals surface area contributed by atoms with Crippen LogP contribution in [0.2, 0.25) is 5.02 Å². The van der Waals surface area contributed by atoms with Crippen molar-refractivity contribution in [2.45, 2.75) is 48.4 Å². The molecule has 1 N–H and O–H groups in total. The molecule has 212 valence electrons. The highest BCUT2D eigenvalue weighted by molar-refractivity contribution is 9.09. The van der Waals surface area contributed by atoms with E-state index in [0.717, 1.165) is 5.56 Å². The third-order valence-electron chi connectivity index (χ3n) is 8.15. The maximum Gasteiger partial charge on any atom is 0.312 e. The molecule has 2 bridgehead atoms. The van der Waals surface area contributed by atoms with E-state index in [1.807, 2.05) is 30.3 Å². The SMILES string of the molecule is C=CCN(C(=O)C1N([C@@H](CO)Cc2ccccc2)C(=O)[C@@H]2[C@@H](C(=O)OCC)[C@@H]3OC12CC3Br)c1ccc(Cl)cc1. The maximum absolute atomic E-state index is 14.6. The second kappa shape index (κ2) is 11.6. The predicted octanol–water partition coefficient (Wildman–Crippen LogP) is 3.77. The summed E-state index contributed by atoms with van der Waals surface area (Å²) in [5.41, 5.74) is 0.205. The van der Waals surface area contributed by atoms with E-state index in [1.54, 1.807) is 42.2 Å². The second-order valence-electron chi connectivity index (χ2n) is 10.4. The minimum Gasteiger partial charge on any atom is -0.466 e. The molecule has 5 rings (SSSR count). The number of hydrogen-bond acceptors (Lipinski definition) is 6. The third-order valence-corrected chi connectivity index (χ3v) is 9.25. The van der Waals surface area contributed by atoms with E-state index < -0.39 is 41.6 Å². The smallest absolute Gasteiger partial charge is 0.312 e. The van der Waals surface area contributed by atoms with Crippen LogP contribution >= 0.6 is 27.5 Å². The van der Waals surface area contributed by atoms with Crippen molar-refractivity contribution < 1.29 is 29.0 Å². The van der Waals surface area contributed by atoms with Gasteiger partial charge in [0.25, 0.3) is 5.91 Å². The second-order valence-corrected chi connectivity index (χ2v) is 12.0. The van der Waals surface area contributed by atoms with Crippen molar-refractivity contribution >= 4 is 51.0 Å². The third kappa shape index (κ3) is 4.76. The number of rotatable bonds is 10. The summed E-state index contributed by atoms with van der Waals surface area (Å²) < 4.78 is 11.9. The largest absolute Gasteiger partial charge is 0.466 e. The molecule has 40 heavy (non-hydrogen) atoms. The molecule has 0 aromatic heterocycles. The highest BCUT2D eigenvalue weighted by Crippen LogP contribution is 2.60. The van der Waals surface area contributed by atoms with Gasteiger partial charge in [0.05, 0.1) is 37.2 Å². The molecule has 10 heteroatoms. The zero-order valence-electron chi connectivity index (χ0n) is 22.1. The molecule has 0 radical (unpaired) electrons. The lowest BCUT2D eigenvalue weighted by molar-refractivity contribution is -0.155. The van der Waals surface area contributed by atoms with Gasteiger partial charge < -0.3 is 24.4 Å². The van der Waals surface area contributed by atoms with Gasteiger partial charge in [-0.05, 0) is 49.6 Å². The fraction of sp³-hybridized carbons (Fsp3) is 0.433. The summed E-state index contributed by atoms with van der Waals surface area (Å²) in [5.74, 6) is -3.07. The van der Waals surface area contributed by atoms with Crippen LogP contribution in [0.1, 0.15) is 18.9 Å². The number of esters is 1. The standard InChI is InChI=1S/C30H32BrClN2O6/c1-3-14-33(20-12-10-19(32)11-13-20)28(37)26-30-16-22(31)25(40-30)23(29(38)39-4-2)24(30)27(36)34(26)21(17-35)15-18-8-6-5-7-9-18/h3,5-13,21-26,35H,1,4,14-17H2,2H3/t21-,22?,23-,24+,25-,26?,30?/m1/s1. The Bertz CT molecular complexity index is 1280. The average Bonchev–Trinajstić information content (AvgIpc) is 3.54. The molecule has 3 fully saturated rings. The molecule has 0 saturated carbocycles. The topological polar surface area (TPSA) is 96.4 Å². The number of anilines is 1. The Morgan fingerprint density at radius 3 is 2.60 bits per heavy atom. The van der Waals surface area contributed by atoms with Gasteiger partial charge >= 0.3 is 5.97 Å². The van der Waals surface area contributed by atoms with Crippen molar-refractivity contribution in [3.63, 3.8) is 0 Å². The lowest BCUT2D eigenvalue weighted by Crippen LogP contribution is -2.59. The Balaban J connectivity index is 1.62. The lowest BCUT2D eigenvalue weighted by Gasteiger charge is -2.39. The molecule has 1 spiro atoms. The zero-order valence-corrected chi connectivity index (χ0v) is 24.5. The fourth-order valence-electron chi connectivity index (χ4n) is 6.61. The Morgan fingerprint density at radius 1 is 1.27 bits per heavy atom. The van der Waals surface area contributed by atoms with Gasteiger partial charge in [-0.25, -0.2) is 0 Å². The van der Waals surface area contributed by atoms with E-state index in [-0.39, 0.29) is 36.4 Å². The van der Waals surface area contributed by atoms with E-state index in [4.69, 9.17) is 21.1 Å². The number of halogens is 2. The summed E-state index contributed by atoms with van der Waals surface area (Å²) in [7, 11) is 0. The van der Waals surface area contributed by atoms with Crippen LogP contribution in [0.25, 0.3) is 0 Å². The number of fused-ring (bicyclic) bond motifs is 1. The Kier molecular flexibility index (Phi) is 8.38. The number of carbonyl (C=O) groups is 3. The molecular weight excluding hydrogens is 600 g/mol. The van der Waals surface area contributed by atoms with E-state index >= 15 is 0 Å². The number of likely N-dealkylation sites (tertiary alicyclic amines) is 1. The van der Waals surface area contributed by atoms with Crippen molar-refractivity contribution in [2.75, 3.05) is 24.7 Å². The predicted molar refractivity (Wildman–Crippen MR) is 154 cm³/mol. The first-order valence-electron chi connectivity index (χ1n) is 13.4. The van der Waals surface area contributed by atoms with Crippen molar-refractivity contribution in [3.05, 3.63) is 77.8 Å². The molecule has 3 unspecified atom stereocenters. The van der Waals surface area contributed by atoms with E-state index in [2.05, 4.69) is 22.5 Å². The van der Waals surface area contributed by atoms with E-state index in [9.17, 15) is 19.5 Å². The van der Waals surface area contributed by atoms with E-state index in [0.29, 0.717) is 23.6 Å². The summed E-state index contributed by atoms with van der Waals surface area (Å²) >= 11 is 9.78. The monoisotopic (exact) mass is 630 g/mol. The van der Waals surface area contributed by atoms with Crippen LogP contribution in [-0.4, -0.2) is 76.2 Å². The van der Waals surface area contributed by atoms with Crippen LogP contribution < -0.4 is 4.90 Å². The molecule has 3 aliphatic heterocycles. The first kappa shape index (κ1) is 28.8. The van der Waals surface area contributed by atoms with Crippen molar-refractivity contribution in [3.8, 4) is 0 Å². The van der Waals surface area contributed by atoms with Gasteiger partial charge in [0.15, 0.2) is 0 Å². The number of carbonyl (C=O) groups excluding carboxylic acids is 3. The number of benzene rings is 2. The summed E-state index contributed by atoms with van der Waals surface area (Å²) in [5, 5.41) is 11.1. The quantitative estimate of drug-likeness (QED) is 0.244. The van der Waals surface area contributed by atoms with Gasteiger partial charge in [0.2, 0.25) is 5.91 Å². The molecule has 3 saturated heterocycles. The van der Waals surface area contributed by atoms with Crippen molar-refractivity contribution in [2.24, 2.45) is 11.8 Å². The van der Waals surface area contributed by atoms with Crippen LogP contribution in [0.5, 0.6) is 0 Å². The molecular formula is C30H32BrClN2O6. The first-order valence-corrected chi connectivity index (χ1v) is 14.7. The number of alkyl halides is 1. The maximum atomic E-state index is 14.6. The van der Waals surface area contributed by atoms with Crippen LogP contribution in [0.3, 0.4) is 0 Å². The Labute approximate surface area is 247 Å². The minimum atomic E-state index is -1.28.